The fourth-order valence-corrected chi connectivity index (χ4v) is 3.47. The Bertz CT molecular complexity index is 1010. The second kappa shape index (κ2) is 7.96. The van der Waals surface area contributed by atoms with Crippen molar-refractivity contribution in [3.8, 4) is 11.1 Å². The molecule has 4 rings (SSSR count). The highest BCUT2D eigenvalue weighted by Gasteiger charge is 2.29. The zero-order chi connectivity index (χ0) is 19.5. The first-order chi connectivity index (χ1) is 13.6. The van der Waals surface area contributed by atoms with Crippen molar-refractivity contribution in [3.05, 3.63) is 83.7 Å². The van der Waals surface area contributed by atoms with Gasteiger partial charge in [-0.25, -0.2) is 4.39 Å². The van der Waals surface area contributed by atoms with Gasteiger partial charge in [0, 0.05) is 12.1 Å². The average Bonchev–Trinajstić information content (AvgIpc) is 3.09. The van der Waals surface area contributed by atoms with Crippen LogP contribution in [0.4, 0.5) is 10.1 Å². The monoisotopic (exact) mass is 375 g/mol. The molecule has 1 aliphatic heterocycles. The van der Waals surface area contributed by atoms with Crippen LogP contribution in [0.15, 0.2) is 66.7 Å². The number of hydrogen-bond donors (Lipinski definition) is 2. The molecule has 6 heteroatoms. The predicted octanol–water partition coefficient (Wildman–Crippen LogP) is 3.28. The molecule has 28 heavy (non-hydrogen) atoms. The van der Waals surface area contributed by atoms with Crippen LogP contribution in [-0.4, -0.2) is 18.0 Å². The summed E-state index contributed by atoms with van der Waals surface area (Å²) in [6.45, 7) is 0.396. The van der Waals surface area contributed by atoms with Gasteiger partial charge in [0.2, 0.25) is 5.91 Å². The van der Waals surface area contributed by atoms with Crippen LogP contribution in [0.3, 0.4) is 0 Å². The number of anilines is 1. The number of aryl methyl sites for hydroxylation is 1. The van der Waals surface area contributed by atoms with E-state index < -0.39 is 7.12 Å². The summed E-state index contributed by atoms with van der Waals surface area (Å²) in [5.41, 5.74) is 5.16. The summed E-state index contributed by atoms with van der Waals surface area (Å²) in [7, 11) is -0.915. The SMILES string of the molecule is O=C(CCc1cccc2c1B(O)OC2)Nc1cccc(-c2ccc(F)cc2)c1. The summed E-state index contributed by atoms with van der Waals surface area (Å²) in [5, 5.41) is 12.9. The Balaban J connectivity index is 1.42. The number of fused-ring (bicyclic) bond motifs is 1. The van der Waals surface area contributed by atoms with E-state index in [0.29, 0.717) is 25.1 Å². The molecule has 1 aliphatic rings. The number of carbonyl (C=O) groups is 1. The van der Waals surface area contributed by atoms with E-state index in [9.17, 15) is 14.2 Å². The van der Waals surface area contributed by atoms with Crippen LogP contribution in [0.5, 0.6) is 0 Å². The highest BCUT2D eigenvalue weighted by atomic mass is 19.1. The lowest BCUT2D eigenvalue weighted by molar-refractivity contribution is -0.116. The highest BCUT2D eigenvalue weighted by Crippen LogP contribution is 2.23. The van der Waals surface area contributed by atoms with E-state index in [1.165, 1.54) is 12.1 Å². The van der Waals surface area contributed by atoms with Crippen molar-refractivity contribution >= 4 is 24.2 Å². The molecule has 2 N–H and O–H groups in total. The van der Waals surface area contributed by atoms with E-state index >= 15 is 0 Å². The Morgan fingerprint density at radius 3 is 2.68 bits per heavy atom. The van der Waals surface area contributed by atoms with Crippen molar-refractivity contribution in [2.45, 2.75) is 19.4 Å². The third kappa shape index (κ3) is 3.98. The maximum absolute atomic E-state index is 13.1. The number of halogens is 1. The molecule has 0 aliphatic carbocycles. The smallest absolute Gasteiger partial charge is 0.423 e. The number of nitrogens with one attached hydrogen (secondary N) is 1. The van der Waals surface area contributed by atoms with E-state index in [0.717, 1.165) is 27.7 Å². The van der Waals surface area contributed by atoms with Crippen molar-refractivity contribution in [2.24, 2.45) is 0 Å². The zero-order valence-electron chi connectivity index (χ0n) is 15.2. The molecule has 0 fully saturated rings. The standard InChI is InChI=1S/C22H19BFNO3/c24-19-10-7-15(8-11-19)17-4-2-6-20(13-17)25-21(26)12-9-16-3-1-5-18-14-28-23(27)22(16)18/h1-8,10-11,13,27H,9,12,14H2,(H,25,26). The fourth-order valence-electron chi connectivity index (χ4n) is 3.47. The van der Waals surface area contributed by atoms with Crippen LogP contribution < -0.4 is 10.8 Å². The van der Waals surface area contributed by atoms with Gasteiger partial charge in [-0.05, 0) is 58.4 Å². The Morgan fingerprint density at radius 2 is 1.86 bits per heavy atom. The topological polar surface area (TPSA) is 58.6 Å². The first-order valence-electron chi connectivity index (χ1n) is 9.16. The molecular weight excluding hydrogens is 356 g/mol. The second-order valence-corrected chi connectivity index (χ2v) is 6.79. The quantitative estimate of drug-likeness (QED) is 0.673. The number of carbonyl (C=O) groups excluding carboxylic acids is 1. The lowest BCUT2D eigenvalue weighted by Crippen LogP contribution is -2.31. The van der Waals surface area contributed by atoms with Crippen molar-refractivity contribution < 1.29 is 18.9 Å². The van der Waals surface area contributed by atoms with Gasteiger partial charge in [0.05, 0.1) is 6.61 Å². The first kappa shape index (κ1) is 18.4. The minimum absolute atomic E-state index is 0.109. The molecule has 0 radical (unpaired) electrons. The molecule has 140 valence electrons. The second-order valence-electron chi connectivity index (χ2n) is 6.79. The summed E-state index contributed by atoms with van der Waals surface area (Å²) >= 11 is 0. The fraction of sp³-hybridized carbons (Fsp3) is 0.136. The van der Waals surface area contributed by atoms with Gasteiger partial charge in [-0.15, -0.1) is 0 Å². The normalized spacial score (nSPS) is 12.7. The lowest BCUT2D eigenvalue weighted by Gasteiger charge is -2.10. The van der Waals surface area contributed by atoms with Gasteiger partial charge in [-0.3, -0.25) is 4.79 Å². The molecule has 3 aromatic rings. The van der Waals surface area contributed by atoms with Crippen LogP contribution in [0.25, 0.3) is 11.1 Å². The molecule has 1 amide bonds. The molecule has 4 nitrogen and oxygen atoms in total. The molecule has 0 unspecified atom stereocenters. The number of benzene rings is 3. The van der Waals surface area contributed by atoms with Crippen molar-refractivity contribution in [2.75, 3.05) is 5.32 Å². The summed E-state index contributed by atoms with van der Waals surface area (Å²) in [4.78, 5) is 12.4. The summed E-state index contributed by atoms with van der Waals surface area (Å²) in [5.74, 6) is -0.390. The first-order valence-corrected chi connectivity index (χ1v) is 9.16. The number of hydrogen-bond acceptors (Lipinski definition) is 3. The van der Waals surface area contributed by atoms with Crippen molar-refractivity contribution in [1.29, 1.82) is 0 Å². The van der Waals surface area contributed by atoms with E-state index in [-0.39, 0.29) is 11.7 Å². The van der Waals surface area contributed by atoms with Gasteiger partial charge < -0.3 is 15.0 Å². The minimum atomic E-state index is -0.915. The Hall–Kier alpha value is -2.96. The molecule has 1 heterocycles. The number of amides is 1. The van der Waals surface area contributed by atoms with Gasteiger partial charge >= 0.3 is 7.12 Å². The Morgan fingerprint density at radius 1 is 1.07 bits per heavy atom. The summed E-state index contributed by atoms with van der Waals surface area (Å²) in [6, 6.07) is 19.5. The molecule has 0 saturated carbocycles. The van der Waals surface area contributed by atoms with Gasteiger partial charge in [0.25, 0.3) is 0 Å². The van der Waals surface area contributed by atoms with Crippen LogP contribution in [-0.2, 0) is 22.5 Å². The third-order valence-electron chi connectivity index (χ3n) is 4.88. The zero-order valence-corrected chi connectivity index (χ0v) is 15.2. The molecule has 0 atom stereocenters. The van der Waals surface area contributed by atoms with Crippen molar-refractivity contribution in [1.82, 2.24) is 0 Å². The van der Waals surface area contributed by atoms with E-state index in [1.807, 2.05) is 42.5 Å². The molecule has 0 aromatic heterocycles. The van der Waals surface area contributed by atoms with Gasteiger partial charge in [0.1, 0.15) is 5.82 Å². The molecule has 0 spiro atoms. The largest absolute Gasteiger partial charge is 0.492 e. The van der Waals surface area contributed by atoms with Gasteiger partial charge in [0.15, 0.2) is 0 Å². The molecule has 0 bridgehead atoms. The van der Waals surface area contributed by atoms with Crippen molar-refractivity contribution in [3.63, 3.8) is 0 Å². The van der Waals surface area contributed by atoms with Crippen LogP contribution in [0.2, 0.25) is 0 Å². The highest BCUT2D eigenvalue weighted by molar-refractivity contribution is 6.62. The molecular formula is C22H19BFNO3. The molecule has 3 aromatic carbocycles. The average molecular weight is 375 g/mol. The summed E-state index contributed by atoms with van der Waals surface area (Å²) in [6.07, 6.45) is 0.816. The maximum atomic E-state index is 13.1. The summed E-state index contributed by atoms with van der Waals surface area (Å²) < 4.78 is 18.4. The Labute approximate surface area is 163 Å². The molecule has 0 saturated heterocycles. The van der Waals surface area contributed by atoms with Crippen LogP contribution >= 0.6 is 0 Å². The minimum Gasteiger partial charge on any atom is -0.423 e. The van der Waals surface area contributed by atoms with Crippen LogP contribution in [0.1, 0.15) is 17.5 Å². The van der Waals surface area contributed by atoms with E-state index in [4.69, 9.17) is 4.65 Å². The Kier molecular flexibility index (Phi) is 5.24. The lowest BCUT2D eigenvalue weighted by atomic mass is 9.75. The maximum Gasteiger partial charge on any atom is 0.492 e. The van der Waals surface area contributed by atoms with Gasteiger partial charge in [-0.2, -0.15) is 0 Å². The van der Waals surface area contributed by atoms with Gasteiger partial charge in [-0.1, -0.05) is 42.5 Å². The van der Waals surface area contributed by atoms with Crippen LogP contribution in [0, 0.1) is 5.82 Å². The van der Waals surface area contributed by atoms with E-state index in [1.54, 1.807) is 12.1 Å². The van der Waals surface area contributed by atoms with E-state index in [2.05, 4.69) is 5.32 Å². The third-order valence-corrected chi connectivity index (χ3v) is 4.88. The predicted molar refractivity (Wildman–Crippen MR) is 108 cm³/mol. The number of rotatable bonds is 5.